The van der Waals surface area contributed by atoms with Gasteiger partial charge >= 0.3 is 0 Å². The van der Waals surface area contributed by atoms with E-state index in [4.69, 9.17) is 5.73 Å². The summed E-state index contributed by atoms with van der Waals surface area (Å²) in [7, 11) is 0. The highest BCUT2D eigenvalue weighted by molar-refractivity contribution is 9.10. The third-order valence-electron chi connectivity index (χ3n) is 2.54. The Morgan fingerprint density at radius 3 is 2.88 bits per heavy atom. The molecule has 0 saturated carbocycles. The van der Waals surface area contributed by atoms with E-state index in [-0.39, 0.29) is 13.0 Å². The first kappa shape index (κ1) is 11.6. The van der Waals surface area contributed by atoms with Crippen LogP contribution in [-0.2, 0) is 0 Å². The molecule has 1 fully saturated rings. The van der Waals surface area contributed by atoms with Crippen LogP contribution in [0.25, 0.3) is 0 Å². The van der Waals surface area contributed by atoms with Crippen molar-refractivity contribution < 1.29 is 8.78 Å². The van der Waals surface area contributed by atoms with Crippen LogP contribution < -0.4 is 10.6 Å². The van der Waals surface area contributed by atoms with Crippen LogP contribution in [0.1, 0.15) is 12.8 Å². The highest BCUT2D eigenvalue weighted by atomic mass is 79.9. The van der Waals surface area contributed by atoms with E-state index in [9.17, 15) is 8.78 Å². The van der Waals surface area contributed by atoms with Gasteiger partial charge in [-0.15, -0.1) is 0 Å². The van der Waals surface area contributed by atoms with E-state index in [2.05, 4.69) is 20.9 Å². The van der Waals surface area contributed by atoms with Crippen molar-refractivity contribution in [2.24, 2.45) is 0 Å². The van der Waals surface area contributed by atoms with Gasteiger partial charge in [0.15, 0.2) is 0 Å². The van der Waals surface area contributed by atoms with E-state index in [0.29, 0.717) is 29.1 Å². The molecule has 0 atom stereocenters. The molecule has 88 valence electrons. The smallest absolute Gasteiger partial charge is 0.265 e. The summed E-state index contributed by atoms with van der Waals surface area (Å²) in [5, 5.41) is 0. The molecule has 2 N–H and O–H groups in total. The highest BCUT2D eigenvalue weighted by Crippen LogP contribution is 2.32. The Bertz CT molecular complexity index is 398. The Morgan fingerprint density at radius 2 is 2.19 bits per heavy atom. The minimum absolute atomic E-state index is 0.0521. The first-order valence-corrected chi connectivity index (χ1v) is 5.82. The molecule has 1 aromatic heterocycles. The second-order valence-corrected chi connectivity index (χ2v) is 4.78. The van der Waals surface area contributed by atoms with Gasteiger partial charge in [-0.05, 0) is 34.5 Å². The zero-order chi connectivity index (χ0) is 11.8. The molecule has 0 spiro atoms. The molecule has 16 heavy (non-hydrogen) atoms. The van der Waals surface area contributed by atoms with Crippen molar-refractivity contribution in [2.75, 3.05) is 23.7 Å². The van der Waals surface area contributed by atoms with Crippen LogP contribution in [0.15, 0.2) is 16.6 Å². The maximum atomic E-state index is 13.3. The minimum atomic E-state index is -2.63. The number of hydrogen-bond donors (Lipinski definition) is 1. The van der Waals surface area contributed by atoms with E-state index in [1.54, 1.807) is 17.0 Å². The van der Waals surface area contributed by atoms with E-state index in [1.165, 1.54) is 0 Å². The molecule has 0 aromatic carbocycles. The number of piperidine rings is 1. The summed E-state index contributed by atoms with van der Waals surface area (Å²) in [6.07, 6.45) is 0.416. The van der Waals surface area contributed by atoms with Gasteiger partial charge in [-0.3, -0.25) is 0 Å². The van der Waals surface area contributed by atoms with Crippen LogP contribution in [0.4, 0.5) is 20.4 Å². The van der Waals surface area contributed by atoms with Crippen LogP contribution in [-0.4, -0.2) is 24.0 Å². The highest BCUT2D eigenvalue weighted by Gasteiger charge is 2.36. The molecule has 1 saturated heterocycles. The molecular formula is C10H12BrF2N3. The zero-order valence-corrected chi connectivity index (χ0v) is 10.2. The van der Waals surface area contributed by atoms with Gasteiger partial charge in [-0.2, -0.15) is 0 Å². The van der Waals surface area contributed by atoms with Crippen LogP contribution in [0.5, 0.6) is 0 Å². The number of hydrogen-bond acceptors (Lipinski definition) is 3. The summed E-state index contributed by atoms with van der Waals surface area (Å²) < 4.78 is 27.2. The van der Waals surface area contributed by atoms with Gasteiger partial charge in [0.25, 0.3) is 5.92 Å². The molecular weight excluding hydrogens is 280 g/mol. The summed E-state index contributed by atoms with van der Waals surface area (Å²) in [6, 6.07) is 3.36. The Balaban J connectivity index is 2.26. The molecule has 0 bridgehead atoms. The lowest BCUT2D eigenvalue weighted by Crippen LogP contribution is -2.43. The van der Waals surface area contributed by atoms with Gasteiger partial charge in [0.05, 0.1) is 11.0 Å². The fourth-order valence-electron chi connectivity index (χ4n) is 1.81. The molecule has 1 aliphatic rings. The van der Waals surface area contributed by atoms with Gasteiger partial charge in [0.1, 0.15) is 11.6 Å². The average Bonchev–Trinajstić information content (AvgIpc) is 2.20. The molecule has 2 rings (SSSR count). The lowest BCUT2D eigenvalue weighted by Gasteiger charge is -2.33. The summed E-state index contributed by atoms with van der Waals surface area (Å²) in [4.78, 5) is 5.66. The van der Waals surface area contributed by atoms with Crippen molar-refractivity contribution >= 4 is 27.6 Å². The molecule has 1 aromatic rings. The molecule has 6 heteroatoms. The second-order valence-electron chi connectivity index (χ2n) is 3.92. The summed E-state index contributed by atoms with van der Waals surface area (Å²) in [5.41, 5.74) is 5.56. The van der Waals surface area contributed by atoms with Crippen molar-refractivity contribution in [3.63, 3.8) is 0 Å². The van der Waals surface area contributed by atoms with Crippen molar-refractivity contribution in [2.45, 2.75) is 18.8 Å². The maximum Gasteiger partial charge on any atom is 0.265 e. The van der Waals surface area contributed by atoms with E-state index in [0.717, 1.165) is 0 Å². The fraction of sp³-hybridized carbons (Fsp3) is 0.500. The van der Waals surface area contributed by atoms with Crippen molar-refractivity contribution in [3.05, 3.63) is 16.6 Å². The van der Waals surface area contributed by atoms with E-state index >= 15 is 0 Å². The Morgan fingerprint density at radius 1 is 1.44 bits per heavy atom. The lowest BCUT2D eigenvalue weighted by molar-refractivity contribution is -0.0118. The van der Waals surface area contributed by atoms with Crippen LogP contribution >= 0.6 is 15.9 Å². The van der Waals surface area contributed by atoms with Crippen molar-refractivity contribution in [1.82, 2.24) is 4.98 Å². The number of pyridine rings is 1. The van der Waals surface area contributed by atoms with Crippen molar-refractivity contribution in [1.29, 1.82) is 0 Å². The summed E-state index contributed by atoms with van der Waals surface area (Å²) >= 11 is 3.30. The molecule has 1 aliphatic heterocycles. The number of halogens is 3. The Labute approximate surface area is 101 Å². The monoisotopic (exact) mass is 291 g/mol. The number of nitrogens with zero attached hydrogens (tertiary/aromatic N) is 2. The largest absolute Gasteiger partial charge is 0.384 e. The van der Waals surface area contributed by atoms with Gasteiger partial charge in [0.2, 0.25) is 0 Å². The Hall–Kier alpha value is -0.910. The summed E-state index contributed by atoms with van der Waals surface area (Å²) in [5.74, 6) is -1.80. The normalized spacial score (nSPS) is 19.8. The quantitative estimate of drug-likeness (QED) is 0.865. The zero-order valence-electron chi connectivity index (χ0n) is 8.59. The molecule has 0 radical (unpaired) electrons. The third-order valence-corrected chi connectivity index (χ3v) is 3.16. The lowest BCUT2D eigenvalue weighted by atomic mass is 10.1. The van der Waals surface area contributed by atoms with Crippen LogP contribution in [0, 0.1) is 0 Å². The summed E-state index contributed by atoms with van der Waals surface area (Å²) in [6.45, 7) is 0.298. The predicted molar refractivity (Wildman–Crippen MR) is 62.7 cm³/mol. The number of aromatic nitrogens is 1. The average molecular weight is 292 g/mol. The van der Waals surface area contributed by atoms with Gasteiger partial charge in [-0.1, -0.05) is 0 Å². The SMILES string of the molecule is Nc1ccc(Br)c(N2CCCC(F)(F)C2)n1. The van der Waals surface area contributed by atoms with E-state index in [1.807, 2.05) is 0 Å². The van der Waals surface area contributed by atoms with Gasteiger partial charge in [0, 0.05) is 13.0 Å². The number of anilines is 2. The first-order valence-electron chi connectivity index (χ1n) is 5.03. The number of rotatable bonds is 1. The van der Waals surface area contributed by atoms with Gasteiger partial charge < -0.3 is 10.6 Å². The molecule has 3 nitrogen and oxygen atoms in total. The van der Waals surface area contributed by atoms with Crippen molar-refractivity contribution in [3.8, 4) is 0 Å². The topological polar surface area (TPSA) is 42.1 Å². The molecule has 0 aliphatic carbocycles. The Kier molecular flexibility index (Phi) is 3.01. The number of nitrogens with two attached hydrogens (primary N) is 1. The van der Waals surface area contributed by atoms with Crippen LogP contribution in [0.3, 0.4) is 0 Å². The van der Waals surface area contributed by atoms with Gasteiger partial charge in [-0.25, -0.2) is 13.8 Å². The molecule has 2 heterocycles. The number of alkyl halides is 2. The third kappa shape index (κ3) is 2.42. The number of nitrogen functional groups attached to an aromatic ring is 1. The first-order chi connectivity index (χ1) is 7.48. The van der Waals surface area contributed by atoms with E-state index < -0.39 is 5.92 Å². The van der Waals surface area contributed by atoms with Crippen LogP contribution in [0.2, 0.25) is 0 Å². The maximum absolute atomic E-state index is 13.3. The minimum Gasteiger partial charge on any atom is -0.384 e. The predicted octanol–water partition coefficient (Wildman–Crippen LogP) is 2.66. The molecule has 0 amide bonds. The fourth-order valence-corrected chi connectivity index (χ4v) is 2.29. The second kappa shape index (κ2) is 4.16. The standard InChI is InChI=1S/C10H12BrF2N3/c11-7-2-3-8(14)15-9(7)16-5-1-4-10(12,13)6-16/h2-3H,1,4-6H2,(H2,14,15). The molecule has 0 unspecified atom stereocenters.